The molecule has 2 nitrogen and oxygen atoms in total. The molecule has 1 saturated heterocycles. The summed E-state index contributed by atoms with van der Waals surface area (Å²) in [6, 6.07) is 10.7. The molecule has 2 rings (SSSR count). The third kappa shape index (κ3) is 3.14. The number of halogens is 1. The van der Waals surface area contributed by atoms with Gasteiger partial charge in [0.25, 0.3) is 0 Å². The summed E-state index contributed by atoms with van der Waals surface area (Å²) in [5.74, 6) is 0. The van der Waals surface area contributed by atoms with E-state index in [9.17, 15) is 0 Å². The molecule has 0 bridgehead atoms. The van der Waals surface area contributed by atoms with E-state index < -0.39 is 0 Å². The number of rotatable bonds is 3. The summed E-state index contributed by atoms with van der Waals surface area (Å²) in [7, 11) is 1.81. The van der Waals surface area contributed by atoms with E-state index in [4.69, 9.17) is 4.74 Å². The van der Waals surface area contributed by atoms with Crippen LogP contribution >= 0.6 is 15.9 Å². The number of likely N-dealkylation sites (tertiary alicyclic amines) is 1. The van der Waals surface area contributed by atoms with Gasteiger partial charge in [0.1, 0.15) is 0 Å². The molecule has 1 heterocycles. The van der Waals surface area contributed by atoms with E-state index in [0.717, 1.165) is 19.6 Å². The molecule has 100 valence electrons. The summed E-state index contributed by atoms with van der Waals surface area (Å²) in [5.41, 5.74) is 1.60. The first kappa shape index (κ1) is 14.0. The highest BCUT2D eigenvalue weighted by atomic mass is 79.9. The van der Waals surface area contributed by atoms with Crippen LogP contribution < -0.4 is 0 Å². The van der Waals surface area contributed by atoms with Gasteiger partial charge in [0.05, 0.1) is 6.10 Å². The minimum absolute atomic E-state index is 0.230. The first-order valence-corrected chi connectivity index (χ1v) is 7.37. The second-order valence-electron chi connectivity index (χ2n) is 5.82. The van der Waals surface area contributed by atoms with Gasteiger partial charge in [0, 0.05) is 31.6 Å². The summed E-state index contributed by atoms with van der Waals surface area (Å²) < 4.78 is 5.62. The van der Waals surface area contributed by atoms with Crippen LogP contribution in [0, 0.1) is 5.41 Å². The summed E-state index contributed by atoms with van der Waals surface area (Å²) in [6.45, 7) is 7.69. The van der Waals surface area contributed by atoms with Gasteiger partial charge in [-0.05, 0) is 11.0 Å². The van der Waals surface area contributed by atoms with Gasteiger partial charge in [-0.25, -0.2) is 0 Å². The van der Waals surface area contributed by atoms with E-state index in [0.29, 0.717) is 4.83 Å². The molecule has 1 aliphatic heterocycles. The average Bonchev–Trinajstić information content (AvgIpc) is 2.34. The Bertz CT molecular complexity index is 379. The topological polar surface area (TPSA) is 12.5 Å². The molecule has 18 heavy (non-hydrogen) atoms. The summed E-state index contributed by atoms with van der Waals surface area (Å²) in [4.78, 5) is 2.91. The number of nitrogens with zero attached hydrogens (tertiary/aromatic N) is 1. The second kappa shape index (κ2) is 5.72. The smallest absolute Gasteiger partial charge is 0.0828 e. The van der Waals surface area contributed by atoms with Crippen molar-refractivity contribution in [2.24, 2.45) is 5.41 Å². The fourth-order valence-corrected chi connectivity index (χ4v) is 3.26. The Morgan fingerprint density at radius 1 is 1.33 bits per heavy atom. The van der Waals surface area contributed by atoms with Crippen LogP contribution in [0.1, 0.15) is 19.4 Å². The molecule has 0 N–H and O–H groups in total. The van der Waals surface area contributed by atoms with Crippen LogP contribution in [0.4, 0.5) is 0 Å². The van der Waals surface area contributed by atoms with Crippen LogP contribution in [0.25, 0.3) is 0 Å². The normalized spacial score (nSPS) is 28.2. The fourth-order valence-electron chi connectivity index (χ4n) is 2.73. The van der Waals surface area contributed by atoms with E-state index >= 15 is 0 Å². The largest absolute Gasteiger partial charge is 0.379 e. The predicted molar refractivity (Wildman–Crippen MR) is 79.0 cm³/mol. The van der Waals surface area contributed by atoms with Gasteiger partial charge >= 0.3 is 0 Å². The van der Waals surface area contributed by atoms with Gasteiger partial charge < -0.3 is 4.74 Å². The van der Waals surface area contributed by atoms with E-state index in [1.54, 1.807) is 7.11 Å². The number of benzene rings is 1. The Labute approximate surface area is 118 Å². The zero-order valence-electron chi connectivity index (χ0n) is 11.4. The maximum Gasteiger partial charge on any atom is 0.0828 e. The molecule has 0 radical (unpaired) electrons. The molecular weight excluding hydrogens is 290 g/mol. The van der Waals surface area contributed by atoms with Crippen LogP contribution in [0.15, 0.2) is 30.3 Å². The Balaban J connectivity index is 2.06. The zero-order chi connectivity index (χ0) is 13.2. The highest BCUT2D eigenvalue weighted by Crippen LogP contribution is 2.36. The van der Waals surface area contributed by atoms with Crippen LogP contribution in [0.3, 0.4) is 0 Å². The van der Waals surface area contributed by atoms with Gasteiger partial charge in [-0.2, -0.15) is 0 Å². The molecule has 0 spiro atoms. The molecule has 0 unspecified atom stereocenters. The molecule has 1 aliphatic rings. The average molecular weight is 312 g/mol. The second-order valence-corrected chi connectivity index (χ2v) is 6.81. The van der Waals surface area contributed by atoms with Gasteiger partial charge in [0.15, 0.2) is 0 Å². The van der Waals surface area contributed by atoms with E-state index in [2.05, 4.69) is 65.0 Å². The number of alkyl halides is 1. The van der Waals surface area contributed by atoms with Crippen molar-refractivity contribution in [3.05, 3.63) is 35.9 Å². The van der Waals surface area contributed by atoms with Gasteiger partial charge in [-0.1, -0.05) is 60.1 Å². The summed E-state index contributed by atoms with van der Waals surface area (Å²) in [5, 5.41) is 0. The predicted octanol–water partition coefficient (Wildman–Crippen LogP) is 3.31. The number of hydrogen-bond donors (Lipinski definition) is 0. The molecule has 0 aromatic heterocycles. The van der Waals surface area contributed by atoms with Crippen molar-refractivity contribution in [2.45, 2.75) is 31.3 Å². The lowest BCUT2D eigenvalue weighted by Gasteiger charge is -2.46. The Hall–Kier alpha value is -0.380. The highest BCUT2D eigenvalue weighted by Gasteiger charge is 2.40. The maximum atomic E-state index is 5.62. The Kier molecular flexibility index (Phi) is 4.46. The van der Waals surface area contributed by atoms with Crippen LogP contribution in [0.2, 0.25) is 0 Å². The van der Waals surface area contributed by atoms with E-state index in [1.807, 2.05) is 0 Å². The number of hydrogen-bond acceptors (Lipinski definition) is 2. The summed E-state index contributed by atoms with van der Waals surface area (Å²) >= 11 is 3.80. The molecule has 1 aromatic rings. The number of methoxy groups -OCH3 is 1. The van der Waals surface area contributed by atoms with Crippen molar-refractivity contribution in [1.29, 1.82) is 0 Å². The van der Waals surface area contributed by atoms with Crippen molar-refractivity contribution < 1.29 is 4.74 Å². The Morgan fingerprint density at radius 2 is 2.00 bits per heavy atom. The molecule has 0 aliphatic carbocycles. The molecule has 1 fully saturated rings. The van der Waals surface area contributed by atoms with Crippen LogP contribution in [-0.4, -0.2) is 36.0 Å². The number of ether oxygens (including phenoxy) is 1. The van der Waals surface area contributed by atoms with Gasteiger partial charge in [-0.15, -0.1) is 0 Å². The lowest BCUT2D eigenvalue weighted by atomic mass is 9.82. The SMILES string of the molecule is CO[C@@H]1CN(Cc2ccccc2)CC(C)(C)[C@@H]1Br. The lowest BCUT2D eigenvalue weighted by molar-refractivity contribution is -0.0138. The third-order valence-corrected chi connectivity index (χ3v) is 5.52. The minimum atomic E-state index is 0.230. The van der Waals surface area contributed by atoms with Crippen molar-refractivity contribution >= 4 is 15.9 Å². The van der Waals surface area contributed by atoms with Crippen molar-refractivity contribution in [1.82, 2.24) is 4.90 Å². The fraction of sp³-hybridized carbons (Fsp3) is 0.600. The maximum absolute atomic E-state index is 5.62. The monoisotopic (exact) mass is 311 g/mol. The minimum Gasteiger partial charge on any atom is -0.379 e. The van der Waals surface area contributed by atoms with Crippen LogP contribution in [-0.2, 0) is 11.3 Å². The quantitative estimate of drug-likeness (QED) is 0.794. The summed E-state index contributed by atoms with van der Waals surface area (Å²) in [6.07, 6.45) is 0.262. The highest BCUT2D eigenvalue weighted by molar-refractivity contribution is 9.09. The molecule has 3 heteroatoms. The molecule has 0 amide bonds. The molecule has 0 saturated carbocycles. The van der Waals surface area contributed by atoms with E-state index in [1.165, 1.54) is 5.56 Å². The first-order chi connectivity index (χ1) is 8.53. The van der Waals surface area contributed by atoms with Crippen LogP contribution in [0.5, 0.6) is 0 Å². The molecular formula is C15H22BrNO. The van der Waals surface area contributed by atoms with Crippen molar-refractivity contribution in [2.75, 3.05) is 20.2 Å². The van der Waals surface area contributed by atoms with Crippen molar-refractivity contribution in [3.8, 4) is 0 Å². The number of piperidine rings is 1. The first-order valence-electron chi connectivity index (χ1n) is 6.46. The van der Waals surface area contributed by atoms with Gasteiger partial charge in [-0.3, -0.25) is 4.90 Å². The third-order valence-electron chi connectivity index (χ3n) is 3.69. The molecule has 1 aromatic carbocycles. The lowest BCUT2D eigenvalue weighted by Crippen LogP contribution is -2.54. The zero-order valence-corrected chi connectivity index (χ0v) is 13.0. The van der Waals surface area contributed by atoms with Crippen molar-refractivity contribution in [3.63, 3.8) is 0 Å². The van der Waals surface area contributed by atoms with E-state index in [-0.39, 0.29) is 11.5 Å². The molecule has 2 atom stereocenters. The van der Waals surface area contributed by atoms with Gasteiger partial charge in [0.2, 0.25) is 0 Å². The standard InChI is InChI=1S/C15H22BrNO/c1-15(2)11-17(10-13(18-3)14(15)16)9-12-7-5-4-6-8-12/h4-8,13-14H,9-11H2,1-3H3/t13-,14-/m1/s1. The Morgan fingerprint density at radius 3 is 2.61 bits per heavy atom.